The smallest absolute Gasteiger partial charge is 0.200 e. The quantitative estimate of drug-likeness (QED) is 0.612. The van der Waals surface area contributed by atoms with Crippen LogP contribution in [0, 0.1) is 5.41 Å². The molecule has 0 radical (unpaired) electrons. The van der Waals surface area contributed by atoms with E-state index in [0.29, 0.717) is 11.0 Å². The van der Waals surface area contributed by atoms with Crippen LogP contribution in [0.1, 0.15) is 5.56 Å². The number of anilines is 2. The molecule has 4 heteroatoms. The Hall–Kier alpha value is -2.00. The summed E-state index contributed by atoms with van der Waals surface area (Å²) < 4.78 is 0. The second-order valence-corrected chi connectivity index (χ2v) is 4.89. The lowest BCUT2D eigenvalue weighted by Crippen LogP contribution is -2.34. The summed E-state index contributed by atoms with van der Waals surface area (Å²) in [6.07, 6.45) is 0.975. The Morgan fingerprint density at radius 2 is 1.84 bits per heavy atom. The van der Waals surface area contributed by atoms with Crippen molar-refractivity contribution in [1.82, 2.24) is 0 Å². The first kappa shape index (κ1) is 12.1. The number of nitrogens with one attached hydrogen (secondary N) is 2. The molecule has 3 rings (SSSR count). The van der Waals surface area contributed by atoms with E-state index in [1.165, 1.54) is 5.56 Å². The van der Waals surface area contributed by atoms with E-state index in [0.717, 1.165) is 24.3 Å². The van der Waals surface area contributed by atoms with Gasteiger partial charge in [-0.25, -0.2) is 0 Å². The van der Waals surface area contributed by atoms with Gasteiger partial charge in [0.2, 0.25) is 0 Å². The van der Waals surface area contributed by atoms with Crippen LogP contribution in [0.15, 0.2) is 48.5 Å². The lowest BCUT2D eigenvalue weighted by molar-refractivity contribution is 1.01. The number of rotatable bonds is 1. The highest BCUT2D eigenvalue weighted by Crippen LogP contribution is 2.28. The zero-order chi connectivity index (χ0) is 13.2. The lowest BCUT2D eigenvalue weighted by atomic mass is 10.2. The van der Waals surface area contributed by atoms with Crippen molar-refractivity contribution in [3.8, 4) is 0 Å². The van der Waals surface area contributed by atoms with Gasteiger partial charge in [0.15, 0.2) is 5.96 Å². The molecular weight excluding hydrogens is 258 g/mol. The molecular formula is C15H14ClN3. The fourth-order valence-corrected chi connectivity index (χ4v) is 2.51. The molecule has 1 heterocycles. The van der Waals surface area contributed by atoms with E-state index in [1.54, 1.807) is 0 Å². The van der Waals surface area contributed by atoms with Gasteiger partial charge in [0.05, 0.1) is 10.7 Å². The molecule has 1 aliphatic heterocycles. The largest absolute Gasteiger partial charge is 0.325 e. The first-order valence-corrected chi connectivity index (χ1v) is 6.59. The summed E-state index contributed by atoms with van der Waals surface area (Å²) in [5.74, 6) is 0.359. The van der Waals surface area contributed by atoms with Crippen molar-refractivity contribution < 1.29 is 0 Å². The van der Waals surface area contributed by atoms with Crippen LogP contribution in [-0.4, -0.2) is 12.5 Å². The van der Waals surface area contributed by atoms with Crippen molar-refractivity contribution in [2.45, 2.75) is 6.42 Å². The number of guanidine groups is 1. The summed E-state index contributed by atoms with van der Waals surface area (Å²) in [7, 11) is 0. The van der Waals surface area contributed by atoms with E-state index in [1.807, 2.05) is 47.4 Å². The maximum absolute atomic E-state index is 8.21. The van der Waals surface area contributed by atoms with Crippen molar-refractivity contribution in [1.29, 1.82) is 5.41 Å². The van der Waals surface area contributed by atoms with Crippen molar-refractivity contribution >= 4 is 28.9 Å². The summed E-state index contributed by atoms with van der Waals surface area (Å²) in [5.41, 5.74) is 3.15. The molecule has 0 fully saturated rings. The Labute approximate surface area is 117 Å². The number of para-hydroxylation sites is 2. The van der Waals surface area contributed by atoms with Crippen LogP contribution in [-0.2, 0) is 6.42 Å². The van der Waals surface area contributed by atoms with E-state index >= 15 is 0 Å². The SMILES string of the molecule is N=C(Nc1ccccc1Cl)N1CCc2ccccc21. The third-order valence-corrected chi connectivity index (χ3v) is 3.61. The van der Waals surface area contributed by atoms with Crippen LogP contribution in [0.2, 0.25) is 5.02 Å². The van der Waals surface area contributed by atoms with Crippen LogP contribution < -0.4 is 10.2 Å². The number of halogens is 1. The lowest BCUT2D eigenvalue weighted by Gasteiger charge is -2.21. The van der Waals surface area contributed by atoms with Gasteiger partial charge < -0.3 is 10.2 Å². The monoisotopic (exact) mass is 271 g/mol. The molecule has 19 heavy (non-hydrogen) atoms. The number of benzene rings is 2. The summed E-state index contributed by atoms with van der Waals surface area (Å²) >= 11 is 6.10. The van der Waals surface area contributed by atoms with E-state index in [2.05, 4.69) is 11.4 Å². The minimum Gasteiger partial charge on any atom is -0.325 e. The predicted octanol–water partition coefficient (Wildman–Crippen LogP) is 3.75. The molecule has 0 atom stereocenters. The van der Waals surface area contributed by atoms with Gasteiger partial charge in [-0.05, 0) is 30.2 Å². The summed E-state index contributed by atoms with van der Waals surface area (Å²) in [5, 5.41) is 11.9. The summed E-state index contributed by atoms with van der Waals surface area (Å²) in [4.78, 5) is 1.97. The van der Waals surface area contributed by atoms with E-state index in [9.17, 15) is 0 Å². The topological polar surface area (TPSA) is 39.1 Å². The van der Waals surface area contributed by atoms with E-state index in [-0.39, 0.29) is 0 Å². The van der Waals surface area contributed by atoms with Crippen molar-refractivity contribution in [3.63, 3.8) is 0 Å². The molecule has 2 aromatic rings. The molecule has 0 saturated heterocycles. The first-order chi connectivity index (χ1) is 9.25. The van der Waals surface area contributed by atoms with Gasteiger partial charge in [-0.3, -0.25) is 5.41 Å². The van der Waals surface area contributed by atoms with Crippen LogP contribution in [0.5, 0.6) is 0 Å². The fraction of sp³-hybridized carbons (Fsp3) is 0.133. The second kappa shape index (κ2) is 4.94. The first-order valence-electron chi connectivity index (χ1n) is 6.21. The van der Waals surface area contributed by atoms with Gasteiger partial charge in [-0.2, -0.15) is 0 Å². The van der Waals surface area contributed by atoms with Crippen molar-refractivity contribution in [2.75, 3.05) is 16.8 Å². The summed E-state index contributed by atoms with van der Waals surface area (Å²) in [6, 6.07) is 15.7. The Morgan fingerprint density at radius 3 is 2.68 bits per heavy atom. The Balaban J connectivity index is 1.81. The van der Waals surface area contributed by atoms with Gasteiger partial charge in [0.1, 0.15) is 0 Å². The maximum atomic E-state index is 8.21. The van der Waals surface area contributed by atoms with Crippen molar-refractivity contribution in [3.05, 3.63) is 59.1 Å². The molecule has 2 N–H and O–H groups in total. The van der Waals surface area contributed by atoms with Gasteiger partial charge in [-0.15, -0.1) is 0 Å². The summed E-state index contributed by atoms with van der Waals surface area (Å²) in [6.45, 7) is 0.829. The van der Waals surface area contributed by atoms with Gasteiger partial charge in [-0.1, -0.05) is 41.9 Å². The average molecular weight is 272 g/mol. The van der Waals surface area contributed by atoms with Crippen LogP contribution >= 0.6 is 11.6 Å². The molecule has 0 aliphatic carbocycles. The Kier molecular flexibility index (Phi) is 3.13. The number of hydrogen-bond donors (Lipinski definition) is 2. The molecule has 96 valence electrons. The van der Waals surface area contributed by atoms with E-state index < -0.39 is 0 Å². The highest BCUT2D eigenvalue weighted by atomic mass is 35.5. The Morgan fingerprint density at radius 1 is 1.11 bits per heavy atom. The van der Waals surface area contributed by atoms with Crippen LogP contribution in [0.4, 0.5) is 11.4 Å². The van der Waals surface area contributed by atoms with E-state index in [4.69, 9.17) is 17.0 Å². The highest BCUT2D eigenvalue weighted by Gasteiger charge is 2.22. The van der Waals surface area contributed by atoms with Gasteiger partial charge in [0, 0.05) is 12.2 Å². The zero-order valence-corrected chi connectivity index (χ0v) is 11.1. The highest BCUT2D eigenvalue weighted by molar-refractivity contribution is 6.33. The Bertz CT molecular complexity index is 624. The number of fused-ring (bicyclic) bond motifs is 1. The molecule has 0 saturated carbocycles. The third-order valence-electron chi connectivity index (χ3n) is 3.28. The molecule has 3 nitrogen and oxygen atoms in total. The molecule has 0 aromatic heterocycles. The molecule has 0 bridgehead atoms. The van der Waals surface area contributed by atoms with Gasteiger partial charge in [0.25, 0.3) is 0 Å². The fourth-order valence-electron chi connectivity index (χ4n) is 2.33. The standard InChI is InChI=1S/C15H14ClN3/c16-12-6-2-3-7-13(12)18-15(17)19-10-9-11-5-1-4-8-14(11)19/h1-8H,9-10H2,(H2,17,18). The molecule has 1 aliphatic rings. The van der Waals surface area contributed by atoms with Crippen LogP contribution in [0.25, 0.3) is 0 Å². The predicted molar refractivity (Wildman–Crippen MR) is 80.3 cm³/mol. The second-order valence-electron chi connectivity index (χ2n) is 4.48. The minimum atomic E-state index is 0.359. The minimum absolute atomic E-state index is 0.359. The molecule has 2 aromatic carbocycles. The number of hydrogen-bond acceptors (Lipinski definition) is 1. The van der Waals surface area contributed by atoms with Crippen LogP contribution in [0.3, 0.4) is 0 Å². The molecule has 0 unspecified atom stereocenters. The third kappa shape index (κ3) is 2.29. The molecule has 0 amide bonds. The average Bonchev–Trinajstić information content (AvgIpc) is 2.85. The normalized spacial score (nSPS) is 13.2. The zero-order valence-electron chi connectivity index (χ0n) is 10.4. The molecule has 0 spiro atoms. The van der Waals surface area contributed by atoms with Gasteiger partial charge >= 0.3 is 0 Å². The maximum Gasteiger partial charge on any atom is 0.200 e. The van der Waals surface area contributed by atoms with Crippen molar-refractivity contribution in [2.24, 2.45) is 0 Å². The number of nitrogens with zero attached hydrogens (tertiary/aromatic N) is 1.